The second-order valence-corrected chi connectivity index (χ2v) is 17.7. The van der Waals surface area contributed by atoms with Crippen molar-refractivity contribution in [2.75, 3.05) is 0 Å². The van der Waals surface area contributed by atoms with Crippen LogP contribution in [0.25, 0.3) is 0 Å². The van der Waals surface area contributed by atoms with E-state index in [0.29, 0.717) is 29.5 Å². The molecule has 2 aliphatic rings. The van der Waals surface area contributed by atoms with E-state index in [1.165, 1.54) is 18.2 Å². The van der Waals surface area contributed by atoms with Gasteiger partial charge in [0, 0.05) is 58.9 Å². The minimum atomic E-state index is -0.899. The van der Waals surface area contributed by atoms with Gasteiger partial charge in [0.1, 0.15) is 40.3 Å². The monoisotopic (exact) mass is 732 g/mol. The van der Waals surface area contributed by atoms with Gasteiger partial charge in [-0.3, -0.25) is 0 Å². The van der Waals surface area contributed by atoms with Crippen molar-refractivity contribution in [1.82, 2.24) is 0 Å². The average molecular weight is 733 g/mol. The number of ether oxygens (including phenoxy) is 2. The highest BCUT2D eigenvalue weighted by Crippen LogP contribution is 2.60. The molecule has 0 amide bonds. The molecule has 0 bridgehead atoms. The quantitative estimate of drug-likeness (QED) is 0.155. The van der Waals surface area contributed by atoms with E-state index >= 15 is 0 Å². The molecule has 7 nitrogen and oxygen atoms in total. The first-order valence-corrected chi connectivity index (χ1v) is 19.7. The summed E-state index contributed by atoms with van der Waals surface area (Å²) in [5.74, 6) is 3.83. The average Bonchev–Trinajstić information content (AvgIpc) is 3.04. The first kappa shape index (κ1) is 43.5. The Morgan fingerprint density at radius 1 is 0.660 bits per heavy atom. The van der Waals surface area contributed by atoms with Gasteiger partial charge in [-0.25, -0.2) is 0 Å². The molecule has 0 aliphatic carbocycles. The van der Waals surface area contributed by atoms with Crippen LogP contribution < -0.4 is 9.47 Å². The maximum atomic E-state index is 10.5. The lowest BCUT2D eigenvalue weighted by molar-refractivity contribution is -0.215. The summed E-state index contributed by atoms with van der Waals surface area (Å²) in [5, 5.41) is 38.2. The lowest BCUT2D eigenvalue weighted by Crippen LogP contribution is -2.63. The van der Waals surface area contributed by atoms with Crippen molar-refractivity contribution in [3.8, 4) is 34.5 Å². The fourth-order valence-corrected chi connectivity index (χ4v) is 7.83. The molecule has 2 heterocycles. The molecule has 4 N–H and O–H groups in total. The van der Waals surface area contributed by atoms with Crippen LogP contribution in [-0.2, 0) is 15.6 Å². The van der Waals surface area contributed by atoms with Gasteiger partial charge in [-0.05, 0) is 80.5 Å². The Labute approximate surface area is 319 Å². The fourth-order valence-electron chi connectivity index (χ4n) is 7.83. The van der Waals surface area contributed by atoms with Crippen molar-refractivity contribution in [3.63, 3.8) is 0 Å². The van der Waals surface area contributed by atoms with Gasteiger partial charge in [0.05, 0.1) is 0 Å². The highest BCUT2D eigenvalue weighted by Gasteiger charge is 2.61. The summed E-state index contributed by atoms with van der Waals surface area (Å²) in [4.78, 5) is 10.3. The number of rotatable bonds is 11. The summed E-state index contributed by atoms with van der Waals surface area (Å²) in [5.41, 5.74) is 1.95. The number of fused-ring (bicyclic) bond motifs is 2. The van der Waals surface area contributed by atoms with Crippen LogP contribution >= 0.6 is 0 Å². The molecular weight excluding hydrogens is 664 g/mol. The van der Waals surface area contributed by atoms with Crippen molar-refractivity contribution >= 4 is 5.78 Å². The van der Waals surface area contributed by atoms with Crippen LogP contribution in [0, 0.1) is 29.6 Å². The van der Waals surface area contributed by atoms with Crippen molar-refractivity contribution in [2.24, 2.45) is 29.6 Å². The van der Waals surface area contributed by atoms with Crippen LogP contribution in [0.2, 0.25) is 0 Å². The van der Waals surface area contributed by atoms with Crippen LogP contribution in [0.15, 0.2) is 60.7 Å². The number of carbonyl (C=O) groups is 1. The molecular formula is C46H68O7. The molecule has 3 aromatic rings. The molecule has 0 radical (unpaired) electrons. The summed E-state index contributed by atoms with van der Waals surface area (Å²) in [7, 11) is 0. The fraction of sp³-hybridized carbons (Fsp3) is 0.587. The predicted octanol–water partition coefficient (Wildman–Crippen LogP) is 11.8. The molecule has 53 heavy (non-hydrogen) atoms. The van der Waals surface area contributed by atoms with Crippen molar-refractivity contribution in [3.05, 3.63) is 71.8 Å². The Kier molecular flexibility index (Phi) is 15.2. The van der Waals surface area contributed by atoms with E-state index in [1.807, 2.05) is 6.07 Å². The smallest absolute Gasteiger partial charge is 0.255 e. The third kappa shape index (κ3) is 11.8. The Morgan fingerprint density at radius 2 is 1.13 bits per heavy atom. The largest absolute Gasteiger partial charge is 0.508 e. The molecule has 4 unspecified atom stereocenters. The van der Waals surface area contributed by atoms with Crippen molar-refractivity contribution in [1.29, 1.82) is 0 Å². The number of benzene rings is 3. The van der Waals surface area contributed by atoms with E-state index < -0.39 is 5.79 Å². The van der Waals surface area contributed by atoms with Crippen molar-refractivity contribution < 1.29 is 34.7 Å². The highest BCUT2D eigenvalue weighted by atomic mass is 16.7. The number of hydrogen-bond acceptors (Lipinski definition) is 7. The molecule has 3 aromatic carbocycles. The van der Waals surface area contributed by atoms with Gasteiger partial charge in [-0.15, -0.1) is 0 Å². The minimum Gasteiger partial charge on any atom is -0.508 e. The SMILES string of the molecule is CC(=O)CCC(C)C.CC(C)CCC1(C)CC2(Oc3cc(O)ccc31)Oc1cc(O)ccc1C(C)(CCC(C)C)C2CC(C)C.Oc1cccc(O)c1. The number of Topliss-reactive ketones (excluding diaryl/α,β-unsaturated/α-hetero) is 1. The predicted molar refractivity (Wildman–Crippen MR) is 215 cm³/mol. The zero-order valence-electron chi connectivity index (χ0n) is 34.3. The number of aromatic hydroxyl groups is 4. The van der Waals surface area contributed by atoms with E-state index in [2.05, 4.69) is 75.3 Å². The van der Waals surface area contributed by atoms with Gasteiger partial charge in [0.2, 0.25) is 0 Å². The number of carbonyl (C=O) groups excluding carboxylic acids is 1. The van der Waals surface area contributed by atoms with E-state index in [0.717, 1.165) is 74.0 Å². The second kappa shape index (κ2) is 18.4. The van der Waals surface area contributed by atoms with Gasteiger partial charge >= 0.3 is 0 Å². The number of phenols is 4. The summed E-state index contributed by atoms with van der Waals surface area (Å²) < 4.78 is 14.0. The highest BCUT2D eigenvalue weighted by molar-refractivity contribution is 5.75. The van der Waals surface area contributed by atoms with E-state index in [-0.39, 0.29) is 39.7 Å². The summed E-state index contributed by atoms with van der Waals surface area (Å²) in [6.45, 7) is 24.3. The zero-order valence-corrected chi connectivity index (χ0v) is 34.3. The maximum absolute atomic E-state index is 10.5. The summed E-state index contributed by atoms with van der Waals surface area (Å²) >= 11 is 0. The van der Waals surface area contributed by atoms with Crippen LogP contribution in [0.1, 0.15) is 139 Å². The van der Waals surface area contributed by atoms with Crippen LogP contribution in [0.4, 0.5) is 0 Å². The van der Waals surface area contributed by atoms with Crippen LogP contribution in [-0.4, -0.2) is 32.0 Å². The number of phenolic OH excluding ortho intramolecular Hbond substituents is 4. The van der Waals surface area contributed by atoms with Crippen LogP contribution in [0.3, 0.4) is 0 Å². The van der Waals surface area contributed by atoms with Crippen LogP contribution in [0.5, 0.6) is 34.5 Å². The Morgan fingerprint density at radius 3 is 1.57 bits per heavy atom. The van der Waals surface area contributed by atoms with Gasteiger partial charge in [0.15, 0.2) is 0 Å². The molecule has 5 rings (SSSR count). The zero-order chi connectivity index (χ0) is 39.7. The first-order valence-electron chi connectivity index (χ1n) is 19.7. The molecule has 0 saturated heterocycles. The van der Waals surface area contributed by atoms with E-state index in [9.17, 15) is 15.0 Å². The Bertz CT molecular complexity index is 1610. The molecule has 294 valence electrons. The Balaban J connectivity index is 0.000000390. The third-order valence-electron chi connectivity index (χ3n) is 10.8. The van der Waals surface area contributed by atoms with Crippen molar-refractivity contribution in [2.45, 2.75) is 144 Å². The molecule has 2 aliphatic heterocycles. The number of hydrogen-bond donors (Lipinski definition) is 4. The first-order chi connectivity index (χ1) is 24.7. The Hall–Kier alpha value is -3.87. The molecule has 4 atom stereocenters. The van der Waals surface area contributed by atoms with Gasteiger partial charge in [-0.1, -0.05) is 100 Å². The molecule has 0 fully saturated rings. The number of ketones is 1. The van der Waals surface area contributed by atoms with Gasteiger partial charge in [-0.2, -0.15) is 0 Å². The summed E-state index contributed by atoms with van der Waals surface area (Å²) in [6, 6.07) is 17.1. The molecule has 1 spiro atoms. The second-order valence-electron chi connectivity index (χ2n) is 17.7. The van der Waals surface area contributed by atoms with Gasteiger partial charge in [0.25, 0.3) is 5.79 Å². The van der Waals surface area contributed by atoms with E-state index in [4.69, 9.17) is 19.7 Å². The minimum absolute atomic E-state index is 0.0880. The van der Waals surface area contributed by atoms with Gasteiger partial charge < -0.3 is 34.7 Å². The third-order valence-corrected chi connectivity index (χ3v) is 10.8. The molecule has 0 saturated carbocycles. The molecule has 0 aromatic heterocycles. The summed E-state index contributed by atoms with van der Waals surface area (Å²) in [6.07, 6.45) is 7.71. The topological polar surface area (TPSA) is 116 Å². The maximum Gasteiger partial charge on any atom is 0.255 e. The molecule has 7 heteroatoms. The lowest BCUT2D eigenvalue weighted by atomic mass is 9.57. The van der Waals surface area contributed by atoms with E-state index in [1.54, 1.807) is 37.3 Å². The lowest BCUT2D eigenvalue weighted by Gasteiger charge is -2.58. The standard InChI is InChI=1S/C33H48O4.C7H14O.C6H6O2/c1-21(2)13-15-31(7)20-33(36-28-18-24(34)9-11-26(28)31)30(17-23(5)6)32(8,16-14-22(3)4)27-12-10-25(35)19-29(27)37-33;1-6(2)4-5-7(3)8;7-5-2-1-3-6(8)4-5/h9-12,18-19,21-23,30,34-35H,13-17,20H2,1-8H3;6H,4-5H2,1-3H3;1-4,7-8H. The normalized spacial score (nSPS) is 23.0.